The Balaban J connectivity index is 2.14. The average Bonchev–Trinajstić information content (AvgIpc) is 2.47. The molecule has 19 heavy (non-hydrogen) atoms. The molecule has 1 N–H and O–H groups in total. The number of carbonyl (C=O) groups is 1. The highest BCUT2D eigenvalue weighted by Gasteiger charge is 2.08. The van der Waals surface area contributed by atoms with Gasteiger partial charge in [-0.25, -0.2) is 0 Å². The second-order valence-electron chi connectivity index (χ2n) is 3.79. The highest BCUT2D eigenvalue weighted by molar-refractivity contribution is 7.99. The summed E-state index contributed by atoms with van der Waals surface area (Å²) in [4.78, 5) is 17.0. The molecule has 0 radical (unpaired) electrons. The van der Waals surface area contributed by atoms with E-state index in [9.17, 15) is 4.79 Å². The lowest BCUT2D eigenvalue weighted by molar-refractivity contribution is 0.102. The van der Waals surface area contributed by atoms with Gasteiger partial charge >= 0.3 is 0 Å². The number of anilines is 1. The van der Waals surface area contributed by atoms with Crippen LogP contribution in [-0.4, -0.2) is 16.6 Å². The molecule has 1 aromatic carbocycles. The number of rotatable bonds is 5. The van der Waals surface area contributed by atoms with Crippen LogP contribution in [0.2, 0.25) is 0 Å². The lowest BCUT2D eigenvalue weighted by Gasteiger charge is -2.09. The lowest BCUT2D eigenvalue weighted by atomic mass is 10.2. The molecule has 2 rings (SSSR count). The molecule has 1 aromatic heterocycles. The molecule has 0 unspecified atom stereocenters. The smallest absolute Gasteiger partial charge is 0.257 e. The van der Waals surface area contributed by atoms with Gasteiger partial charge in [-0.05, 0) is 24.3 Å². The SMILES string of the molecule is C=CCSc1ccccc1NC(=O)c1cccnc1. The van der Waals surface area contributed by atoms with E-state index in [1.807, 2.05) is 30.3 Å². The fourth-order valence-electron chi connectivity index (χ4n) is 1.54. The van der Waals surface area contributed by atoms with Gasteiger partial charge in [0.05, 0.1) is 11.3 Å². The van der Waals surface area contributed by atoms with Crippen LogP contribution in [0.25, 0.3) is 0 Å². The average molecular weight is 270 g/mol. The van der Waals surface area contributed by atoms with E-state index in [0.29, 0.717) is 5.56 Å². The molecule has 96 valence electrons. The molecule has 0 fully saturated rings. The van der Waals surface area contributed by atoms with Crippen molar-refractivity contribution in [3.05, 3.63) is 67.0 Å². The standard InChI is InChI=1S/C15H14N2OS/c1-2-10-19-14-8-4-3-7-13(14)17-15(18)12-6-5-9-16-11-12/h2-9,11H,1,10H2,(H,17,18). The molecule has 0 atom stereocenters. The van der Waals surface area contributed by atoms with E-state index in [4.69, 9.17) is 0 Å². The van der Waals surface area contributed by atoms with Crippen molar-refractivity contribution in [1.29, 1.82) is 0 Å². The zero-order valence-electron chi connectivity index (χ0n) is 10.4. The Kier molecular flexibility index (Phi) is 4.75. The zero-order chi connectivity index (χ0) is 13.5. The Morgan fingerprint density at radius 3 is 2.89 bits per heavy atom. The number of nitrogens with one attached hydrogen (secondary N) is 1. The van der Waals surface area contributed by atoms with Crippen LogP contribution in [-0.2, 0) is 0 Å². The van der Waals surface area contributed by atoms with Crippen molar-refractivity contribution in [2.75, 3.05) is 11.1 Å². The molecule has 3 nitrogen and oxygen atoms in total. The van der Waals surface area contributed by atoms with Gasteiger partial charge < -0.3 is 5.32 Å². The summed E-state index contributed by atoms with van der Waals surface area (Å²) in [5.74, 6) is 0.652. The van der Waals surface area contributed by atoms with Gasteiger partial charge in [-0.3, -0.25) is 9.78 Å². The quantitative estimate of drug-likeness (QED) is 0.666. The van der Waals surface area contributed by atoms with Gasteiger partial charge in [0.1, 0.15) is 0 Å². The van der Waals surface area contributed by atoms with Crippen LogP contribution in [0.15, 0.2) is 66.3 Å². The summed E-state index contributed by atoms with van der Waals surface area (Å²) in [5, 5.41) is 2.90. The van der Waals surface area contributed by atoms with Gasteiger partial charge in [-0.2, -0.15) is 0 Å². The normalized spacial score (nSPS) is 9.89. The number of nitrogens with zero attached hydrogens (tertiary/aromatic N) is 1. The van der Waals surface area contributed by atoms with Crippen molar-refractivity contribution in [2.45, 2.75) is 4.90 Å². The topological polar surface area (TPSA) is 42.0 Å². The second-order valence-corrected chi connectivity index (χ2v) is 4.85. The molecule has 0 spiro atoms. The monoisotopic (exact) mass is 270 g/mol. The zero-order valence-corrected chi connectivity index (χ0v) is 11.2. The minimum Gasteiger partial charge on any atom is -0.321 e. The third-order valence-electron chi connectivity index (χ3n) is 2.42. The van der Waals surface area contributed by atoms with Gasteiger partial charge in [0.2, 0.25) is 0 Å². The number of carbonyl (C=O) groups excluding carboxylic acids is 1. The first-order valence-corrected chi connectivity index (χ1v) is 6.84. The Labute approximate surface area is 116 Å². The highest BCUT2D eigenvalue weighted by atomic mass is 32.2. The van der Waals surface area contributed by atoms with Crippen molar-refractivity contribution in [3.8, 4) is 0 Å². The van der Waals surface area contributed by atoms with Crippen LogP contribution in [0.3, 0.4) is 0 Å². The Hall–Kier alpha value is -2.07. The maximum atomic E-state index is 12.1. The number of hydrogen-bond donors (Lipinski definition) is 1. The maximum Gasteiger partial charge on any atom is 0.257 e. The van der Waals surface area contributed by atoms with Crippen molar-refractivity contribution >= 4 is 23.4 Å². The number of pyridine rings is 1. The van der Waals surface area contributed by atoms with Gasteiger partial charge in [0, 0.05) is 23.0 Å². The van der Waals surface area contributed by atoms with E-state index in [1.165, 1.54) is 0 Å². The summed E-state index contributed by atoms with van der Waals surface area (Å²) >= 11 is 1.64. The first kappa shape index (κ1) is 13.4. The third-order valence-corrected chi connectivity index (χ3v) is 3.49. The molecule has 4 heteroatoms. The number of hydrogen-bond acceptors (Lipinski definition) is 3. The molecular formula is C15H14N2OS. The minimum absolute atomic E-state index is 0.153. The predicted octanol–water partition coefficient (Wildman–Crippen LogP) is 3.61. The number of para-hydroxylation sites is 1. The lowest BCUT2D eigenvalue weighted by Crippen LogP contribution is -2.12. The summed E-state index contributed by atoms with van der Waals surface area (Å²) in [6, 6.07) is 11.2. The summed E-state index contributed by atoms with van der Waals surface area (Å²) in [6.45, 7) is 3.70. The van der Waals surface area contributed by atoms with Crippen molar-refractivity contribution in [1.82, 2.24) is 4.98 Å². The van der Waals surface area contributed by atoms with Gasteiger partial charge in [0.15, 0.2) is 0 Å². The largest absolute Gasteiger partial charge is 0.321 e. The van der Waals surface area contributed by atoms with Crippen molar-refractivity contribution in [2.24, 2.45) is 0 Å². The van der Waals surface area contributed by atoms with E-state index in [1.54, 1.807) is 36.3 Å². The summed E-state index contributed by atoms with van der Waals surface area (Å²) in [7, 11) is 0. The molecule has 0 bridgehead atoms. The first-order chi connectivity index (χ1) is 9.31. The fourth-order valence-corrected chi connectivity index (χ4v) is 2.28. The number of thioether (sulfide) groups is 1. The summed E-state index contributed by atoms with van der Waals surface area (Å²) in [5.41, 5.74) is 1.36. The van der Waals surface area contributed by atoms with Gasteiger partial charge in [-0.15, -0.1) is 18.3 Å². The van der Waals surface area contributed by atoms with Gasteiger partial charge in [-0.1, -0.05) is 18.2 Å². The second kappa shape index (κ2) is 6.75. The van der Waals surface area contributed by atoms with Crippen molar-refractivity contribution in [3.63, 3.8) is 0 Å². The van der Waals surface area contributed by atoms with Crippen LogP contribution in [0, 0.1) is 0 Å². The van der Waals surface area contributed by atoms with Crippen molar-refractivity contribution < 1.29 is 4.79 Å². The van der Waals surface area contributed by atoms with Gasteiger partial charge in [0.25, 0.3) is 5.91 Å². The van der Waals surface area contributed by atoms with Crippen LogP contribution in [0.5, 0.6) is 0 Å². The summed E-state index contributed by atoms with van der Waals surface area (Å²) < 4.78 is 0. The van der Waals surface area contributed by atoms with Crippen LogP contribution >= 0.6 is 11.8 Å². The Morgan fingerprint density at radius 1 is 1.32 bits per heavy atom. The van der Waals surface area contributed by atoms with Crippen LogP contribution in [0.4, 0.5) is 5.69 Å². The van der Waals surface area contributed by atoms with Crippen LogP contribution in [0.1, 0.15) is 10.4 Å². The molecule has 0 aliphatic carbocycles. The number of aromatic nitrogens is 1. The molecule has 1 amide bonds. The van der Waals surface area contributed by atoms with E-state index in [-0.39, 0.29) is 5.91 Å². The number of amides is 1. The third kappa shape index (κ3) is 3.69. The van der Waals surface area contributed by atoms with E-state index in [2.05, 4.69) is 16.9 Å². The molecule has 0 aliphatic rings. The minimum atomic E-state index is -0.153. The molecule has 0 aliphatic heterocycles. The summed E-state index contributed by atoms with van der Waals surface area (Å²) in [6.07, 6.45) is 5.03. The molecule has 1 heterocycles. The molecule has 0 saturated carbocycles. The molecular weight excluding hydrogens is 256 g/mol. The van der Waals surface area contributed by atoms with E-state index in [0.717, 1.165) is 16.3 Å². The predicted molar refractivity (Wildman–Crippen MR) is 79.6 cm³/mol. The number of benzene rings is 1. The highest BCUT2D eigenvalue weighted by Crippen LogP contribution is 2.27. The Bertz CT molecular complexity index is 569. The Morgan fingerprint density at radius 2 is 2.16 bits per heavy atom. The van der Waals surface area contributed by atoms with E-state index >= 15 is 0 Å². The first-order valence-electron chi connectivity index (χ1n) is 5.85. The van der Waals surface area contributed by atoms with Crippen LogP contribution < -0.4 is 5.32 Å². The van der Waals surface area contributed by atoms with E-state index < -0.39 is 0 Å². The molecule has 0 saturated heterocycles. The molecule has 2 aromatic rings. The maximum absolute atomic E-state index is 12.1. The fraction of sp³-hybridized carbons (Fsp3) is 0.0667.